The average molecular weight is 395 g/mol. The molecule has 0 spiro atoms. The number of rotatable bonds is 20. The van der Waals surface area contributed by atoms with E-state index in [-0.39, 0.29) is 0 Å². The van der Waals surface area contributed by atoms with Gasteiger partial charge in [-0.15, -0.1) is 21.7 Å². The molecule has 0 N–H and O–H groups in total. The maximum atomic E-state index is 4.37. The molecule has 0 saturated carbocycles. The normalized spacial score (nSPS) is 12.3. The highest BCUT2D eigenvalue weighted by Crippen LogP contribution is 2.54. The van der Waals surface area contributed by atoms with E-state index in [0.29, 0.717) is 10.3 Å². The Bertz CT molecular complexity index is 303. The molecule has 0 bridgehead atoms. The highest BCUT2D eigenvalue weighted by atomic mass is 31.1. The highest BCUT2D eigenvalue weighted by molar-refractivity contribution is 7.42. The SMILES string of the molecule is C=CC(CCCCC)(CCCCC)PC(C=C)(CCCCC)CCCCC. The summed E-state index contributed by atoms with van der Waals surface area (Å²) in [5.41, 5.74) is 0. The molecule has 27 heavy (non-hydrogen) atoms. The Hall–Kier alpha value is -0.0900. The van der Waals surface area contributed by atoms with Crippen molar-refractivity contribution >= 4 is 8.58 Å². The summed E-state index contributed by atoms with van der Waals surface area (Å²) in [5.74, 6) is 0. The fraction of sp³-hybridized carbons (Fsp3) is 0.846. The van der Waals surface area contributed by atoms with Gasteiger partial charge in [0, 0.05) is 10.3 Å². The lowest BCUT2D eigenvalue weighted by atomic mass is 9.92. The number of hydrogen-bond donors (Lipinski definition) is 0. The van der Waals surface area contributed by atoms with Gasteiger partial charge in [0.2, 0.25) is 0 Å². The topological polar surface area (TPSA) is 0 Å². The van der Waals surface area contributed by atoms with E-state index in [1.807, 2.05) is 0 Å². The van der Waals surface area contributed by atoms with Crippen LogP contribution < -0.4 is 0 Å². The summed E-state index contributed by atoms with van der Waals surface area (Å²) in [5, 5.41) is 0.688. The summed E-state index contributed by atoms with van der Waals surface area (Å²) in [6.45, 7) is 18.0. The molecule has 0 aliphatic carbocycles. The van der Waals surface area contributed by atoms with Gasteiger partial charge in [0.25, 0.3) is 0 Å². The van der Waals surface area contributed by atoms with Crippen LogP contribution in [0.5, 0.6) is 0 Å². The molecule has 0 radical (unpaired) electrons. The summed E-state index contributed by atoms with van der Waals surface area (Å²) < 4.78 is 0. The number of unbranched alkanes of at least 4 members (excludes halogenated alkanes) is 8. The quantitative estimate of drug-likeness (QED) is 0.109. The van der Waals surface area contributed by atoms with Crippen LogP contribution >= 0.6 is 8.58 Å². The fourth-order valence-electron chi connectivity index (χ4n) is 4.27. The third kappa shape index (κ3) is 11.5. The van der Waals surface area contributed by atoms with E-state index in [9.17, 15) is 0 Å². The molecule has 0 aromatic rings. The van der Waals surface area contributed by atoms with Crippen LogP contribution in [-0.4, -0.2) is 10.3 Å². The largest absolute Gasteiger partial charge is 0.102 e. The van der Waals surface area contributed by atoms with Crippen LogP contribution in [0.4, 0.5) is 0 Å². The van der Waals surface area contributed by atoms with Gasteiger partial charge >= 0.3 is 0 Å². The second-order valence-corrected chi connectivity index (χ2v) is 10.9. The Morgan fingerprint density at radius 1 is 0.519 bits per heavy atom. The van der Waals surface area contributed by atoms with E-state index in [0.717, 1.165) is 8.58 Å². The molecular weight excluding hydrogens is 343 g/mol. The molecule has 0 aromatic heterocycles. The Labute approximate surface area is 174 Å². The van der Waals surface area contributed by atoms with Crippen molar-refractivity contribution in [3.8, 4) is 0 Å². The Kier molecular flexibility index (Phi) is 16.8. The smallest absolute Gasteiger partial charge is 0.00611 e. The lowest BCUT2D eigenvalue weighted by Crippen LogP contribution is -2.31. The minimum atomic E-state index is 0.344. The molecule has 0 amide bonds. The Morgan fingerprint density at radius 3 is 0.963 bits per heavy atom. The van der Waals surface area contributed by atoms with Crippen LogP contribution in [0.1, 0.15) is 130 Å². The van der Waals surface area contributed by atoms with Crippen LogP contribution in [0.25, 0.3) is 0 Å². The van der Waals surface area contributed by atoms with Crippen molar-refractivity contribution in [2.45, 2.75) is 141 Å². The lowest BCUT2D eigenvalue weighted by molar-refractivity contribution is 0.479. The van der Waals surface area contributed by atoms with Crippen molar-refractivity contribution in [1.82, 2.24) is 0 Å². The molecule has 0 unspecified atom stereocenters. The van der Waals surface area contributed by atoms with Gasteiger partial charge in [-0.25, -0.2) is 0 Å². The van der Waals surface area contributed by atoms with Crippen LogP contribution in [0.2, 0.25) is 0 Å². The zero-order valence-electron chi connectivity index (χ0n) is 19.4. The zero-order chi connectivity index (χ0) is 20.4. The van der Waals surface area contributed by atoms with Gasteiger partial charge in [-0.05, 0) is 25.7 Å². The standard InChI is InChI=1S/C26H51P/c1-7-13-17-21-25(11-5,22-18-14-8-2)27-26(12-6,23-19-15-9-3)24-20-16-10-4/h11-12,27H,5-10,13-24H2,1-4H3. The molecule has 0 aliphatic heterocycles. The molecule has 0 saturated heterocycles. The molecule has 0 nitrogen and oxygen atoms in total. The third-order valence-corrected chi connectivity index (χ3v) is 8.59. The van der Waals surface area contributed by atoms with Crippen molar-refractivity contribution in [1.29, 1.82) is 0 Å². The van der Waals surface area contributed by atoms with Crippen LogP contribution in [0, 0.1) is 0 Å². The van der Waals surface area contributed by atoms with E-state index in [1.165, 1.54) is 103 Å². The molecule has 0 aromatic carbocycles. The van der Waals surface area contributed by atoms with E-state index in [4.69, 9.17) is 0 Å². The van der Waals surface area contributed by atoms with Gasteiger partial charge in [0.15, 0.2) is 0 Å². The minimum Gasteiger partial charge on any atom is -0.102 e. The first-order chi connectivity index (χ1) is 13.1. The summed E-state index contributed by atoms with van der Waals surface area (Å²) in [7, 11) is 0.964. The van der Waals surface area contributed by atoms with Gasteiger partial charge in [0.1, 0.15) is 0 Å². The maximum Gasteiger partial charge on any atom is 0.00611 e. The van der Waals surface area contributed by atoms with Gasteiger partial charge in [-0.2, -0.15) is 0 Å². The van der Waals surface area contributed by atoms with Crippen molar-refractivity contribution < 1.29 is 0 Å². The second kappa shape index (κ2) is 16.8. The third-order valence-electron chi connectivity index (χ3n) is 6.19. The first-order valence-electron chi connectivity index (χ1n) is 12.1. The van der Waals surface area contributed by atoms with Crippen molar-refractivity contribution in [2.24, 2.45) is 0 Å². The van der Waals surface area contributed by atoms with E-state index < -0.39 is 0 Å². The summed E-state index contributed by atoms with van der Waals surface area (Å²) in [6.07, 6.45) is 26.2. The van der Waals surface area contributed by atoms with Gasteiger partial charge in [-0.3, -0.25) is 0 Å². The summed E-state index contributed by atoms with van der Waals surface area (Å²) in [4.78, 5) is 0. The predicted octanol–water partition coefficient (Wildman–Crippen LogP) is 9.84. The maximum absolute atomic E-state index is 4.37. The fourth-order valence-corrected chi connectivity index (χ4v) is 6.67. The lowest BCUT2D eigenvalue weighted by Gasteiger charge is -2.42. The average Bonchev–Trinajstić information content (AvgIpc) is 2.68. The molecule has 0 rings (SSSR count). The molecule has 160 valence electrons. The van der Waals surface area contributed by atoms with Crippen LogP contribution in [0.3, 0.4) is 0 Å². The monoisotopic (exact) mass is 394 g/mol. The Balaban J connectivity index is 5.39. The molecule has 0 fully saturated rings. The van der Waals surface area contributed by atoms with Gasteiger partial charge in [0.05, 0.1) is 0 Å². The van der Waals surface area contributed by atoms with Crippen molar-refractivity contribution in [2.75, 3.05) is 0 Å². The molecule has 0 heterocycles. The number of allylic oxidation sites excluding steroid dienone is 2. The molecular formula is C26H51P. The zero-order valence-corrected chi connectivity index (χ0v) is 20.4. The van der Waals surface area contributed by atoms with Crippen molar-refractivity contribution in [3.63, 3.8) is 0 Å². The van der Waals surface area contributed by atoms with E-state index >= 15 is 0 Å². The van der Waals surface area contributed by atoms with E-state index in [2.05, 4.69) is 53.0 Å². The van der Waals surface area contributed by atoms with E-state index in [1.54, 1.807) is 0 Å². The highest BCUT2D eigenvalue weighted by Gasteiger charge is 2.36. The van der Waals surface area contributed by atoms with Gasteiger partial charge < -0.3 is 0 Å². The molecule has 0 aliphatic rings. The second-order valence-electron chi connectivity index (χ2n) is 8.67. The predicted molar refractivity (Wildman–Crippen MR) is 131 cm³/mol. The molecule has 0 atom stereocenters. The Morgan fingerprint density at radius 2 is 0.778 bits per heavy atom. The van der Waals surface area contributed by atoms with Crippen molar-refractivity contribution in [3.05, 3.63) is 25.3 Å². The number of hydrogen-bond acceptors (Lipinski definition) is 0. The summed E-state index contributed by atoms with van der Waals surface area (Å²) >= 11 is 0. The first kappa shape index (κ1) is 26.9. The minimum absolute atomic E-state index is 0.344. The van der Waals surface area contributed by atoms with Crippen LogP contribution in [-0.2, 0) is 0 Å². The van der Waals surface area contributed by atoms with Crippen LogP contribution in [0.15, 0.2) is 25.3 Å². The first-order valence-corrected chi connectivity index (χ1v) is 13.1. The molecule has 1 heteroatoms. The van der Waals surface area contributed by atoms with Gasteiger partial charge in [-0.1, -0.05) is 117 Å². The summed E-state index contributed by atoms with van der Waals surface area (Å²) in [6, 6.07) is 0.